The van der Waals surface area contributed by atoms with Crippen LogP contribution in [-0.4, -0.2) is 20.2 Å². The fourth-order valence-corrected chi connectivity index (χ4v) is 3.13. The maximum atomic E-state index is 4.60. The molecular formula is C23H20N4. The van der Waals surface area contributed by atoms with Crippen molar-refractivity contribution in [3.05, 3.63) is 95.6 Å². The van der Waals surface area contributed by atoms with E-state index in [-0.39, 0.29) is 0 Å². The summed E-state index contributed by atoms with van der Waals surface area (Å²) in [6, 6.07) is 8.12. The van der Waals surface area contributed by atoms with Gasteiger partial charge in [0.2, 0.25) is 0 Å². The highest BCUT2D eigenvalue weighted by Gasteiger charge is 2.13. The third-order valence-corrected chi connectivity index (χ3v) is 4.44. The van der Waals surface area contributed by atoms with Gasteiger partial charge < -0.3 is 0 Å². The Balaban J connectivity index is 1.71. The fourth-order valence-electron chi connectivity index (χ4n) is 3.13. The molecule has 1 N–H and O–H groups in total. The van der Waals surface area contributed by atoms with Gasteiger partial charge in [-0.2, -0.15) is 5.10 Å². The number of aryl methyl sites for hydroxylation is 1. The number of fused-ring (bicyclic) bond motifs is 1. The summed E-state index contributed by atoms with van der Waals surface area (Å²) in [5.74, 6) is 0. The Morgan fingerprint density at radius 1 is 1.19 bits per heavy atom. The molecule has 3 aromatic heterocycles. The van der Waals surface area contributed by atoms with Crippen LogP contribution in [0.4, 0.5) is 0 Å². The van der Waals surface area contributed by atoms with Crippen molar-refractivity contribution in [2.24, 2.45) is 0 Å². The molecule has 0 saturated carbocycles. The van der Waals surface area contributed by atoms with Gasteiger partial charge in [-0.15, -0.1) is 6.58 Å². The molecule has 0 atom stereocenters. The maximum absolute atomic E-state index is 4.60. The monoisotopic (exact) mass is 352 g/mol. The number of pyridine rings is 2. The van der Waals surface area contributed by atoms with E-state index in [9.17, 15) is 0 Å². The molecule has 4 nitrogen and oxygen atoms in total. The Hall–Kier alpha value is -3.53. The molecule has 1 aliphatic carbocycles. The second-order valence-corrected chi connectivity index (χ2v) is 6.44. The number of aromatic amines is 1. The number of rotatable bonds is 4. The van der Waals surface area contributed by atoms with E-state index in [1.807, 2.05) is 49.7 Å². The molecule has 0 aromatic carbocycles. The first kappa shape index (κ1) is 16.9. The van der Waals surface area contributed by atoms with Gasteiger partial charge in [0.25, 0.3) is 0 Å². The minimum absolute atomic E-state index is 0.820. The van der Waals surface area contributed by atoms with Crippen molar-refractivity contribution in [2.75, 3.05) is 0 Å². The average molecular weight is 352 g/mol. The SMILES string of the molecule is C=CCc1cnc2c(c1)/C=C/C=C(c1c[nH]nc1-c1cccc(C)n1)/C=C\2. The first-order valence-electron chi connectivity index (χ1n) is 8.89. The van der Waals surface area contributed by atoms with Gasteiger partial charge in [-0.1, -0.05) is 36.4 Å². The molecule has 0 spiro atoms. The number of nitrogens with one attached hydrogen (secondary N) is 1. The van der Waals surface area contributed by atoms with Crippen LogP contribution >= 0.6 is 0 Å². The van der Waals surface area contributed by atoms with Gasteiger partial charge in [0, 0.05) is 29.2 Å². The predicted octanol–water partition coefficient (Wildman–Crippen LogP) is 5.03. The van der Waals surface area contributed by atoms with Gasteiger partial charge in [-0.3, -0.25) is 15.1 Å². The summed E-state index contributed by atoms with van der Waals surface area (Å²) in [5, 5.41) is 7.40. The van der Waals surface area contributed by atoms with Gasteiger partial charge >= 0.3 is 0 Å². The van der Waals surface area contributed by atoms with Crippen molar-refractivity contribution in [2.45, 2.75) is 13.3 Å². The van der Waals surface area contributed by atoms with E-state index in [0.717, 1.165) is 51.5 Å². The van der Waals surface area contributed by atoms with Crippen LogP contribution in [0, 0.1) is 6.92 Å². The van der Waals surface area contributed by atoms with Crippen molar-refractivity contribution in [3.63, 3.8) is 0 Å². The number of hydrogen-bond donors (Lipinski definition) is 1. The Kier molecular flexibility index (Phi) is 4.62. The lowest BCUT2D eigenvalue weighted by Crippen LogP contribution is -1.93. The third kappa shape index (κ3) is 3.55. The largest absolute Gasteiger partial charge is 0.284 e. The van der Waals surface area contributed by atoms with Gasteiger partial charge in [-0.25, -0.2) is 0 Å². The van der Waals surface area contributed by atoms with Crippen LogP contribution in [0.5, 0.6) is 0 Å². The Labute approximate surface area is 158 Å². The zero-order valence-electron chi connectivity index (χ0n) is 15.2. The van der Waals surface area contributed by atoms with Crippen molar-refractivity contribution < 1.29 is 0 Å². The predicted molar refractivity (Wildman–Crippen MR) is 111 cm³/mol. The Bertz CT molecular complexity index is 1080. The van der Waals surface area contributed by atoms with Gasteiger partial charge in [0.15, 0.2) is 0 Å². The van der Waals surface area contributed by atoms with E-state index < -0.39 is 0 Å². The van der Waals surface area contributed by atoms with Crippen LogP contribution in [0.3, 0.4) is 0 Å². The topological polar surface area (TPSA) is 54.5 Å². The van der Waals surface area contributed by atoms with Gasteiger partial charge in [0.1, 0.15) is 5.69 Å². The maximum Gasteiger partial charge on any atom is 0.118 e. The summed E-state index contributed by atoms with van der Waals surface area (Å²) in [6.07, 6.45) is 16.9. The zero-order chi connectivity index (χ0) is 18.6. The Morgan fingerprint density at radius 2 is 2.11 bits per heavy atom. The van der Waals surface area contributed by atoms with Gasteiger partial charge in [-0.05, 0) is 48.8 Å². The molecule has 0 aliphatic heterocycles. The van der Waals surface area contributed by atoms with Crippen LogP contribution < -0.4 is 0 Å². The molecule has 4 heteroatoms. The minimum Gasteiger partial charge on any atom is -0.284 e. The second-order valence-electron chi connectivity index (χ2n) is 6.44. The molecule has 132 valence electrons. The van der Waals surface area contributed by atoms with E-state index in [1.165, 1.54) is 0 Å². The molecule has 4 rings (SSSR count). The number of allylic oxidation sites excluding steroid dienone is 5. The quantitative estimate of drug-likeness (QED) is 0.670. The number of aromatic nitrogens is 4. The summed E-state index contributed by atoms with van der Waals surface area (Å²) in [7, 11) is 0. The highest BCUT2D eigenvalue weighted by molar-refractivity contribution is 5.87. The molecule has 0 saturated heterocycles. The summed E-state index contributed by atoms with van der Waals surface area (Å²) in [6.45, 7) is 5.78. The number of H-pyrrole nitrogens is 1. The van der Waals surface area contributed by atoms with Crippen LogP contribution in [-0.2, 0) is 6.42 Å². The third-order valence-electron chi connectivity index (χ3n) is 4.44. The molecule has 0 fully saturated rings. The highest BCUT2D eigenvalue weighted by Crippen LogP contribution is 2.28. The molecule has 0 unspecified atom stereocenters. The first-order chi connectivity index (χ1) is 13.2. The molecule has 27 heavy (non-hydrogen) atoms. The van der Waals surface area contributed by atoms with Crippen LogP contribution in [0.2, 0.25) is 0 Å². The average Bonchev–Trinajstić information content (AvgIpc) is 3.13. The van der Waals surface area contributed by atoms with Crippen molar-refractivity contribution in [1.29, 1.82) is 0 Å². The van der Waals surface area contributed by atoms with E-state index in [1.54, 1.807) is 0 Å². The first-order valence-corrected chi connectivity index (χ1v) is 8.89. The van der Waals surface area contributed by atoms with E-state index in [0.29, 0.717) is 0 Å². The van der Waals surface area contributed by atoms with E-state index in [2.05, 4.69) is 57.1 Å². The molecular weight excluding hydrogens is 332 g/mol. The minimum atomic E-state index is 0.820. The molecule has 0 amide bonds. The smallest absolute Gasteiger partial charge is 0.118 e. The van der Waals surface area contributed by atoms with E-state index in [4.69, 9.17) is 0 Å². The molecule has 0 radical (unpaired) electrons. The highest BCUT2D eigenvalue weighted by atomic mass is 15.1. The second kappa shape index (κ2) is 7.38. The summed E-state index contributed by atoms with van der Waals surface area (Å²) in [5.41, 5.74) is 7.96. The lowest BCUT2D eigenvalue weighted by atomic mass is 9.99. The van der Waals surface area contributed by atoms with E-state index >= 15 is 0 Å². The van der Waals surface area contributed by atoms with Crippen molar-refractivity contribution in [3.8, 4) is 11.4 Å². The van der Waals surface area contributed by atoms with Crippen molar-refractivity contribution in [1.82, 2.24) is 20.2 Å². The lowest BCUT2D eigenvalue weighted by molar-refractivity contribution is 1.08. The molecule has 3 heterocycles. The van der Waals surface area contributed by atoms with Crippen LogP contribution in [0.25, 0.3) is 29.1 Å². The van der Waals surface area contributed by atoms with Gasteiger partial charge in [0.05, 0.1) is 11.4 Å². The molecule has 3 aromatic rings. The normalized spacial score (nSPS) is 17.1. The molecule has 1 aliphatic rings. The fraction of sp³-hybridized carbons (Fsp3) is 0.0870. The number of nitrogens with zero attached hydrogens (tertiary/aromatic N) is 3. The summed E-state index contributed by atoms with van der Waals surface area (Å²) >= 11 is 0. The molecule has 0 bridgehead atoms. The number of hydrogen-bond acceptors (Lipinski definition) is 3. The summed E-state index contributed by atoms with van der Waals surface area (Å²) < 4.78 is 0. The van der Waals surface area contributed by atoms with Crippen molar-refractivity contribution >= 4 is 17.7 Å². The standard InChI is InChI=1S/C23H20N4/c1-3-6-17-13-19-9-5-8-18(11-12-21(19)24-14-17)20-15-25-27-23(20)22-10-4-7-16(2)26-22/h3-5,7-15H,1,6H2,2H3,(H,25,27)/b8-5?,9-5+,12-11-,18-8-,18-11?,19-9?,21-12?. The van der Waals surface area contributed by atoms with Crippen LogP contribution in [0.1, 0.15) is 28.1 Å². The summed E-state index contributed by atoms with van der Waals surface area (Å²) in [4.78, 5) is 9.20. The van der Waals surface area contributed by atoms with Crippen LogP contribution in [0.15, 0.2) is 67.5 Å². The Morgan fingerprint density at radius 3 is 2.96 bits per heavy atom. The zero-order valence-corrected chi connectivity index (χ0v) is 15.2. The lowest BCUT2D eigenvalue weighted by Gasteiger charge is -2.08.